The van der Waals surface area contributed by atoms with Crippen molar-refractivity contribution in [2.45, 2.75) is 20.3 Å². The van der Waals surface area contributed by atoms with Gasteiger partial charge in [-0.05, 0) is 37.1 Å². The van der Waals surface area contributed by atoms with Crippen molar-refractivity contribution in [1.29, 1.82) is 0 Å². The number of phenols is 1. The summed E-state index contributed by atoms with van der Waals surface area (Å²) in [6, 6.07) is 4.81. The fraction of sp³-hybridized carbons (Fsp3) is 0.353. The highest BCUT2D eigenvalue weighted by Gasteiger charge is 2.33. The van der Waals surface area contributed by atoms with E-state index in [4.69, 9.17) is 21.7 Å². The SMILES string of the molecule is CCCOC(=O)CN1C(=O)C(=Cc2ccc(O)c(OCC)c2)SC1=S. The monoisotopic (exact) mass is 381 g/mol. The van der Waals surface area contributed by atoms with Gasteiger partial charge in [-0.15, -0.1) is 0 Å². The van der Waals surface area contributed by atoms with Crippen molar-refractivity contribution in [3.63, 3.8) is 0 Å². The third kappa shape index (κ3) is 4.96. The van der Waals surface area contributed by atoms with Crippen LogP contribution in [-0.2, 0) is 14.3 Å². The van der Waals surface area contributed by atoms with Crippen molar-refractivity contribution in [3.8, 4) is 11.5 Å². The van der Waals surface area contributed by atoms with Gasteiger partial charge in [-0.25, -0.2) is 0 Å². The second kappa shape index (κ2) is 8.87. The van der Waals surface area contributed by atoms with Gasteiger partial charge in [0.25, 0.3) is 5.91 Å². The lowest BCUT2D eigenvalue weighted by Gasteiger charge is -2.13. The first-order chi connectivity index (χ1) is 12.0. The normalized spacial score (nSPS) is 15.8. The summed E-state index contributed by atoms with van der Waals surface area (Å²) < 4.78 is 10.6. The average Bonchev–Trinajstić information content (AvgIpc) is 2.83. The van der Waals surface area contributed by atoms with E-state index in [0.29, 0.717) is 40.2 Å². The van der Waals surface area contributed by atoms with Crippen LogP contribution in [0.15, 0.2) is 23.1 Å². The lowest BCUT2D eigenvalue weighted by molar-refractivity contribution is -0.146. The van der Waals surface area contributed by atoms with Crippen LogP contribution in [0.4, 0.5) is 0 Å². The Morgan fingerprint density at radius 3 is 2.84 bits per heavy atom. The average molecular weight is 381 g/mol. The standard InChI is InChI=1S/C17H19NO5S2/c1-3-7-23-15(20)10-18-16(21)14(25-17(18)24)9-11-5-6-12(19)13(8-11)22-4-2/h5-6,8-9,19H,3-4,7,10H2,1-2H3. The smallest absolute Gasteiger partial charge is 0.326 e. The van der Waals surface area contributed by atoms with Crippen molar-refractivity contribution < 1.29 is 24.2 Å². The Morgan fingerprint density at radius 1 is 1.40 bits per heavy atom. The van der Waals surface area contributed by atoms with Gasteiger partial charge in [0.2, 0.25) is 0 Å². The molecule has 0 radical (unpaired) electrons. The van der Waals surface area contributed by atoms with Gasteiger partial charge in [0.15, 0.2) is 11.5 Å². The van der Waals surface area contributed by atoms with E-state index >= 15 is 0 Å². The number of carbonyl (C=O) groups excluding carboxylic acids is 2. The molecule has 134 valence electrons. The minimum atomic E-state index is -0.484. The second-order valence-electron chi connectivity index (χ2n) is 5.15. The largest absolute Gasteiger partial charge is 0.504 e. The Bertz CT molecular complexity index is 717. The summed E-state index contributed by atoms with van der Waals surface area (Å²) in [5.41, 5.74) is 0.690. The van der Waals surface area contributed by atoms with Crippen LogP contribution in [0.2, 0.25) is 0 Å². The van der Waals surface area contributed by atoms with Gasteiger partial charge in [-0.1, -0.05) is 37.0 Å². The van der Waals surface area contributed by atoms with Crippen molar-refractivity contribution in [2.24, 2.45) is 0 Å². The number of hydrogen-bond donors (Lipinski definition) is 1. The van der Waals surface area contributed by atoms with Crippen LogP contribution < -0.4 is 4.74 Å². The molecule has 0 spiro atoms. The lowest BCUT2D eigenvalue weighted by atomic mass is 10.2. The highest BCUT2D eigenvalue weighted by atomic mass is 32.2. The third-order valence-corrected chi connectivity index (χ3v) is 4.59. The number of carbonyl (C=O) groups is 2. The van der Waals surface area contributed by atoms with E-state index in [1.54, 1.807) is 18.2 Å². The van der Waals surface area contributed by atoms with Crippen molar-refractivity contribution >= 4 is 46.3 Å². The highest BCUT2D eigenvalue weighted by molar-refractivity contribution is 8.26. The Hall–Kier alpha value is -2.06. The van der Waals surface area contributed by atoms with Crippen LogP contribution in [0.3, 0.4) is 0 Å². The van der Waals surface area contributed by atoms with Crippen molar-refractivity contribution in [1.82, 2.24) is 4.90 Å². The summed E-state index contributed by atoms with van der Waals surface area (Å²) in [4.78, 5) is 25.8. The molecule has 1 aromatic carbocycles. The van der Waals surface area contributed by atoms with Gasteiger partial charge in [-0.3, -0.25) is 14.5 Å². The maximum Gasteiger partial charge on any atom is 0.326 e. The zero-order valence-electron chi connectivity index (χ0n) is 14.0. The number of ether oxygens (including phenoxy) is 2. The molecule has 0 atom stereocenters. The van der Waals surface area contributed by atoms with E-state index in [9.17, 15) is 14.7 Å². The first-order valence-electron chi connectivity index (χ1n) is 7.83. The second-order valence-corrected chi connectivity index (χ2v) is 6.82. The van der Waals surface area contributed by atoms with Gasteiger partial charge >= 0.3 is 5.97 Å². The minimum absolute atomic E-state index is 0.0326. The summed E-state index contributed by atoms with van der Waals surface area (Å²) in [5.74, 6) is -0.447. The lowest BCUT2D eigenvalue weighted by Crippen LogP contribution is -2.34. The van der Waals surface area contributed by atoms with Crippen LogP contribution in [-0.4, -0.2) is 46.0 Å². The minimum Gasteiger partial charge on any atom is -0.504 e. The predicted molar refractivity (Wildman–Crippen MR) is 100 cm³/mol. The van der Waals surface area contributed by atoms with E-state index in [1.807, 2.05) is 13.8 Å². The summed E-state index contributed by atoms with van der Waals surface area (Å²) in [6.07, 6.45) is 2.37. The topological polar surface area (TPSA) is 76.1 Å². The van der Waals surface area contributed by atoms with E-state index in [2.05, 4.69) is 0 Å². The molecule has 1 fully saturated rings. The summed E-state index contributed by atoms with van der Waals surface area (Å²) in [7, 11) is 0. The molecule has 0 unspecified atom stereocenters. The van der Waals surface area contributed by atoms with Gasteiger partial charge in [-0.2, -0.15) is 0 Å². The first kappa shape index (κ1) is 19.3. The Balaban J connectivity index is 2.14. The third-order valence-electron chi connectivity index (χ3n) is 3.21. The molecule has 1 aliphatic heterocycles. The highest BCUT2D eigenvalue weighted by Crippen LogP contribution is 2.34. The molecule has 1 aromatic rings. The van der Waals surface area contributed by atoms with Crippen LogP contribution >= 0.6 is 24.0 Å². The Labute approximate surface area is 155 Å². The number of esters is 1. The number of rotatable bonds is 7. The molecule has 1 heterocycles. The summed E-state index contributed by atoms with van der Waals surface area (Å²) >= 11 is 6.31. The molecular formula is C17H19NO5S2. The number of nitrogens with zero attached hydrogens (tertiary/aromatic N) is 1. The van der Waals surface area contributed by atoms with Crippen LogP contribution in [0.25, 0.3) is 6.08 Å². The van der Waals surface area contributed by atoms with Crippen LogP contribution in [0, 0.1) is 0 Å². The van der Waals surface area contributed by atoms with Gasteiger partial charge in [0.1, 0.15) is 10.9 Å². The van der Waals surface area contributed by atoms with Crippen LogP contribution in [0.1, 0.15) is 25.8 Å². The van der Waals surface area contributed by atoms with Crippen molar-refractivity contribution in [2.75, 3.05) is 19.8 Å². The maximum atomic E-state index is 12.5. The molecule has 1 N–H and O–H groups in total. The number of thioether (sulfide) groups is 1. The zero-order chi connectivity index (χ0) is 18.4. The number of amides is 1. The van der Waals surface area contributed by atoms with Crippen molar-refractivity contribution in [3.05, 3.63) is 28.7 Å². The van der Waals surface area contributed by atoms with E-state index < -0.39 is 5.97 Å². The fourth-order valence-electron chi connectivity index (χ4n) is 2.07. The fourth-order valence-corrected chi connectivity index (χ4v) is 3.33. The zero-order valence-corrected chi connectivity index (χ0v) is 15.6. The number of aromatic hydroxyl groups is 1. The van der Waals surface area contributed by atoms with E-state index in [-0.39, 0.29) is 18.2 Å². The van der Waals surface area contributed by atoms with Crippen LogP contribution in [0.5, 0.6) is 11.5 Å². The first-order valence-corrected chi connectivity index (χ1v) is 9.05. The Kier molecular flexibility index (Phi) is 6.83. The van der Waals surface area contributed by atoms with Gasteiger partial charge in [0, 0.05) is 0 Å². The summed E-state index contributed by atoms with van der Waals surface area (Å²) in [6.45, 7) is 4.25. The molecule has 0 bridgehead atoms. The molecule has 0 aliphatic carbocycles. The van der Waals surface area contributed by atoms with Gasteiger partial charge < -0.3 is 14.6 Å². The quantitative estimate of drug-likeness (QED) is 0.442. The molecule has 2 rings (SSSR count). The molecular weight excluding hydrogens is 362 g/mol. The predicted octanol–water partition coefficient (Wildman–Crippen LogP) is 2.95. The molecule has 1 aliphatic rings. The molecule has 6 nitrogen and oxygen atoms in total. The van der Waals surface area contributed by atoms with E-state index in [1.165, 1.54) is 11.0 Å². The number of hydrogen-bond acceptors (Lipinski definition) is 7. The Morgan fingerprint density at radius 2 is 2.16 bits per heavy atom. The molecule has 0 aromatic heterocycles. The number of benzene rings is 1. The molecule has 25 heavy (non-hydrogen) atoms. The summed E-state index contributed by atoms with van der Waals surface area (Å²) in [5, 5.41) is 9.73. The molecule has 0 saturated carbocycles. The molecule has 8 heteroatoms. The molecule has 1 saturated heterocycles. The van der Waals surface area contributed by atoms with Gasteiger partial charge in [0.05, 0.1) is 18.1 Å². The number of thiocarbonyl (C=S) groups is 1. The molecule has 1 amide bonds. The maximum absolute atomic E-state index is 12.5. The number of phenolic OH excluding ortho intramolecular Hbond substituents is 1. The van der Waals surface area contributed by atoms with E-state index in [0.717, 1.165) is 11.8 Å².